The smallest absolute Gasteiger partial charge is 0.324 e. The van der Waals surface area contributed by atoms with Gasteiger partial charge in [-0.1, -0.05) is 6.07 Å². The number of carbonyl (C=O) groups is 1. The molecule has 1 N–H and O–H groups in total. The van der Waals surface area contributed by atoms with E-state index >= 15 is 0 Å². The largest absolute Gasteiger partial charge is 0.451 e. The first-order chi connectivity index (χ1) is 11.4. The van der Waals surface area contributed by atoms with Crippen molar-refractivity contribution < 1.29 is 31.1 Å². The van der Waals surface area contributed by atoms with Crippen LogP contribution in [0.3, 0.4) is 0 Å². The quantitative estimate of drug-likeness (QED) is 0.845. The van der Waals surface area contributed by atoms with E-state index in [-0.39, 0.29) is 14.9 Å². The number of hydrogen-bond donors (Lipinski definition) is 1. The number of benzene rings is 1. The third kappa shape index (κ3) is 4.19. The molecular formula is C13H10F6N4O2. The van der Waals surface area contributed by atoms with Gasteiger partial charge in [0.2, 0.25) is 11.7 Å². The van der Waals surface area contributed by atoms with Crippen LogP contribution in [0.25, 0.3) is 0 Å². The number of carbonyl (C=O) groups excluding carboxylic acids is 1. The monoisotopic (exact) mass is 368 g/mol. The van der Waals surface area contributed by atoms with E-state index in [9.17, 15) is 35.9 Å². The average molecular weight is 368 g/mol. The summed E-state index contributed by atoms with van der Waals surface area (Å²) in [6, 6.07) is 3.65. The average Bonchev–Trinajstić information content (AvgIpc) is 2.75. The molecule has 0 aliphatic heterocycles. The second kappa shape index (κ2) is 6.26. The van der Waals surface area contributed by atoms with E-state index in [4.69, 9.17) is 0 Å². The predicted molar refractivity (Wildman–Crippen MR) is 72.5 cm³/mol. The van der Waals surface area contributed by atoms with Gasteiger partial charge in [0.05, 0.1) is 5.56 Å². The Morgan fingerprint density at radius 2 is 1.80 bits per heavy atom. The van der Waals surface area contributed by atoms with Crippen LogP contribution in [0.15, 0.2) is 29.1 Å². The highest BCUT2D eigenvalue weighted by atomic mass is 19.4. The normalized spacial score (nSPS) is 12.3. The summed E-state index contributed by atoms with van der Waals surface area (Å²) >= 11 is 0. The van der Waals surface area contributed by atoms with Crippen LogP contribution in [-0.4, -0.2) is 20.3 Å². The van der Waals surface area contributed by atoms with Crippen molar-refractivity contribution in [2.24, 2.45) is 7.05 Å². The molecule has 2 aromatic rings. The minimum absolute atomic E-state index is 0.220. The molecule has 0 radical (unpaired) electrons. The number of aromatic nitrogens is 3. The van der Waals surface area contributed by atoms with Gasteiger partial charge in [-0.15, -0.1) is 5.10 Å². The van der Waals surface area contributed by atoms with Gasteiger partial charge in [-0.2, -0.15) is 26.3 Å². The summed E-state index contributed by atoms with van der Waals surface area (Å²) in [6.45, 7) is -0.890. The summed E-state index contributed by atoms with van der Waals surface area (Å²) in [4.78, 5) is 23.4. The topological polar surface area (TPSA) is 68.9 Å². The number of anilines is 1. The molecule has 6 nitrogen and oxygen atoms in total. The van der Waals surface area contributed by atoms with Gasteiger partial charge in [0, 0.05) is 12.7 Å². The molecular weight excluding hydrogens is 358 g/mol. The van der Waals surface area contributed by atoms with E-state index in [1.54, 1.807) is 0 Å². The van der Waals surface area contributed by atoms with Crippen LogP contribution in [0.4, 0.5) is 32.0 Å². The summed E-state index contributed by atoms with van der Waals surface area (Å²) < 4.78 is 76.2. The molecule has 0 atom stereocenters. The van der Waals surface area contributed by atoms with Gasteiger partial charge < -0.3 is 5.32 Å². The molecule has 0 fully saturated rings. The molecule has 1 heterocycles. The molecule has 0 saturated heterocycles. The van der Waals surface area contributed by atoms with E-state index in [0.29, 0.717) is 6.07 Å². The predicted octanol–water partition coefficient (Wildman–Crippen LogP) is 2.26. The molecule has 1 amide bonds. The van der Waals surface area contributed by atoms with Crippen LogP contribution in [-0.2, 0) is 30.7 Å². The Kier molecular flexibility index (Phi) is 4.64. The highest BCUT2D eigenvalue weighted by molar-refractivity contribution is 5.90. The maximum absolute atomic E-state index is 12.6. The van der Waals surface area contributed by atoms with Crippen LogP contribution in [0, 0.1) is 0 Å². The van der Waals surface area contributed by atoms with Crippen molar-refractivity contribution in [3.8, 4) is 0 Å². The molecule has 2 rings (SSSR count). The molecule has 1 aromatic heterocycles. The number of halogens is 6. The lowest BCUT2D eigenvalue weighted by Crippen LogP contribution is -2.29. The van der Waals surface area contributed by atoms with Gasteiger partial charge in [0.25, 0.3) is 0 Å². The second-order valence-electron chi connectivity index (χ2n) is 4.95. The van der Waals surface area contributed by atoms with Crippen molar-refractivity contribution >= 4 is 11.6 Å². The Bertz CT molecular complexity index is 849. The number of amides is 1. The van der Waals surface area contributed by atoms with Crippen LogP contribution >= 0.6 is 0 Å². The lowest BCUT2D eigenvalue weighted by atomic mass is 10.2. The highest BCUT2D eigenvalue weighted by Crippen LogP contribution is 2.30. The minimum Gasteiger partial charge on any atom is -0.324 e. The number of hydrogen-bond acceptors (Lipinski definition) is 3. The van der Waals surface area contributed by atoms with Crippen molar-refractivity contribution in [3.05, 3.63) is 46.1 Å². The zero-order valence-electron chi connectivity index (χ0n) is 12.4. The third-order valence-corrected chi connectivity index (χ3v) is 3.06. The van der Waals surface area contributed by atoms with Gasteiger partial charge in [-0.3, -0.25) is 9.36 Å². The Hall–Kier alpha value is -2.79. The van der Waals surface area contributed by atoms with Crippen molar-refractivity contribution in [3.63, 3.8) is 0 Å². The van der Waals surface area contributed by atoms with Gasteiger partial charge in [-0.05, 0) is 18.2 Å². The molecule has 0 aliphatic rings. The zero-order chi connectivity index (χ0) is 19.0. The molecule has 0 spiro atoms. The van der Waals surface area contributed by atoms with Gasteiger partial charge in [-0.25, -0.2) is 9.48 Å². The van der Waals surface area contributed by atoms with E-state index in [1.165, 1.54) is 0 Å². The Labute approximate surface area is 135 Å². The Morgan fingerprint density at radius 3 is 2.32 bits per heavy atom. The molecule has 0 aliphatic carbocycles. The molecule has 0 bridgehead atoms. The van der Waals surface area contributed by atoms with Gasteiger partial charge in [0.1, 0.15) is 6.54 Å². The molecule has 1 aromatic carbocycles. The van der Waals surface area contributed by atoms with E-state index in [0.717, 1.165) is 25.2 Å². The third-order valence-electron chi connectivity index (χ3n) is 3.06. The van der Waals surface area contributed by atoms with Crippen molar-refractivity contribution in [1.82, 2.24) is 14.3 Å². The molecule has 136 valence electrons. The van der Waals surface area contributed by atoms with E-state index in [1.807, 2.05) is 0 Å². The summed E-state index contributed by atoms with van der Waals surface area (Å²) in [5.41, 5.74) is -2.42. The zero-order valence-corrected chi connectivity index (χ0v) is 12.4. The summed E-state index contributed by atoms with van der Waals surface area (Å²) in [7, 11) is 0.833. The lowest BCUT2D eigenvalue weighted by Gasteiger charge is -2.09. The summed E-state index contributed by atoms with van der Waals surface area (Å²) in [5, 5.41) is 5.09. The molecule has 0 saturated carbocycles. The maximum atomic E-state index is 12.6. The Balaban J connectivity index is 2.18. The maximum Gasteiger partial charge on any atom is 0.451 e. The first-order valence-electron chi connectivity index (χ1n) is 6.57. The fourth-order valence-electron chi connectivity index (χ4n) is 1.95. The fraction of sp³-hybridized carbons (Fsp3) is 0.308. The van der Waals surface area contributed by atoms with Gasteiger partial charge >= 0.3 is 18.0 Å². The van der Waals surface area contributed by atoms with Crippen molar-refractivity contribution in [1.29, 1.82) is 0 Å². The number of rotatable bonds is 3. The first-order valence-corrected chi connectivity index (χ1v) is 6.57. The van der Waals surface area contributed by atoms with Crippen LogP contribution in [0.5, 0.6) is 0 Å². The number of alkyl halides is 6. The highest BCUT2D eigenvalue weighted by Gasteiger charge is 2.38. The second-order valence-corrected chi connectivity index (χ2v) is 4.95. The molecule has 25 heavy (non-hydrogen) atoms. The van der Waals surface area contributed by atoms with Crippen LogP contribution in [0.1, 0.15) is 11.4 Å². The number of nitrogens with one attached hydrogen (secondary N) is 1. The lowest BCUT2D eigenvalue weighted by molar-refractivity contribution is -0.147. The summed E-state index contributed by atoms with van der Waals surface area (Å²) in [6.07, 6.45) is -9.52. The van der Waals surface area contributed by atoms with Crippen molar-refractivity contribution in [2.75, 3.05) is 5.32 Å². The number of nitrogens with zero attached hydrogens (tertiary/aromatic N) is 3. The first kappa shape index (κ1) is 18.5. The minimum atomic E-state index is -4.89. The van der Waals surface area contributed by atoms with Crippen LogP contribution < -0.4 is 11.0 Å². The fourth-order valence-corrected chi connectivity index (χ4v) is 1.95. The molecule has 12 heteroatoms. The van der Waals surface area contributed by atoms with E-state index < -0.39 is 41.9 Å². The summed E-state index contributed by atoms with van der Waals surface area (Å²) in [5.74, 6) is -2.50. The Morgan fingerprint density at radius 1 is 1.16 bits per heavy atom. The molecule has 0 unspecified atom stereocenters. The SMILES string of the molecule is Cn1c(C(F)(F)F)nn(CC(=O)Nc2cccc(C(F)(F)F)c2)c1=O. The van der Waals surface area contributed by atoms with Crippen LogP contribution in [0.2, 0.25) is 0 Å². The van der Waals surface area contributed by atoms with Crippen molar-refractivity contribution in [2.45, 2.75) is 18.9 Å². The standard InChI is InChI=1S/C13H10F6N4O2/c1-22-10(13(17,18)19)21-23(11(22)25)6-9(24)20-8-4-2-3-7(5-8)12(14,15)16/h2-5H,6H2,1H3,(H,20,24). The van der Waals surface area contributed by atoms with Gasteiger partial charge in [0.15, 0.2) is 0 Å². The van der Waals surface area contributed by atoms with E-state index in [2.05, 4.69) is 10.4 Å².